The second-order valence-corrected chi connectivity index (χ2v) is 4.34. The van der Waals surface area contributed by atoms with Crippen molar-refractivity contribution in [3.8, 4) is 0 Å². The van der Waals surface area contributed by atoms with Gasteiger partial charge in [0.1, 0.15) is 5.52 Å². The number of imidazole rings is 1. The molecule has 3 aromatic rings. The quantitative estimate of drug-likeness (QED) is 0.779. The lowest BCUT2D eigenvalue weighted by atomic mass is 10.1. The van der Waals surface area contributed by atoms with Crippen molar-refractivity contribution in [2.24, 2.45) is 0 Å². The van der Waals surface area contributed by atoms with Gasteiger partial charge in [-0.3, -0.25) is 0 Å². The molecule has 1 aromatic carbocycles. The lowest BCUT2D eigenvalue weighted by molar-refractivity contribution is -0.138. The summed E-state index contributed by atoms with van der Waals surface area (Å²) in [7, 11) is 0. The number of hydrogen-bond donors (Lipinski definition) is 2. The summed E-state index contributed by atoms with van der Waals surface area (Å²) in [5.41, 5.74) is 0.585. The summed E-state index contributed by atoms with van der Waals surface area (Å²) in [6.45, 7) is -0.0222. The molecular weight excluding hydrogens is 283 g/mol. The Morgan fingerprint density at radius 2 is 1.95 bits per heavy atom. The van der Waals surface area contributed by atoms with Crippen LogP contribution < -0.4 is 5.32 Å². The molecule has 21 heavy (non-hydrogen) atoms. The van der Waals surface area contributed by atoms with Crippen molar-refractivity contribution in [1.82, 2.24) is 19.9 Å². The number of rotatable bonds is 3. The van der Waals surface area contributed by atoms with E-state index in [1.165, 1.54) is 24.7 Å². The minimum atomic E-state index is -4.38. The molecule has 108 valence electrons. The molecule has 0 aliphatic rings. The van der Waals surface area contributed by atoms with Crippen molar-refractivity contribution in [2.45, 2.75) is 12.7 Å². The van der Waals surface area contributed by atoms with Crippen LogP contribution in [0.5, 0.6) is 0 Å². The Kier molecular flexibility index (Phi) is 3.20. The number of anilines is 1. The molecule has 3 rings (SSSR count). The number of nitrogens with zero attached hydrogens (tertiary/aromatic N) is 3. The van der Waals surface area contributed by atoms with Crippen LogP contribution in [-0.4, -0.2) is 19.9 Å². The van der Waals surface area contributed by atoms with Gasteiger partial charge in [0, 0.05) is 6.54 Å². The molecule has 0 saturated carbocycles. The molecule has 0 aliphatic carbocycles. The van der Waals surface area contributed by atoms with E-state index in [1.54, 1.807) is 6.07 Å². The Hall–Kier alpha value is -2.64. The van der Waals surface area contributed by atoms with Crippen LogP contribution >= 0.6 is 0 Å². The molecule has 0 amide bonds. The fourth-order valence-corrected chi connectivity index (χ4v) is 1.95. The summed E-state index contributed by atoms with van der Waals surface area (Å²) in [5, 5.41) is 2.78. The van der Waals surface area contributed by atoms with Gasteiger partial charge >= 0.3 is 6.18 Å². The fraction of sp³-hybridized carbons (Fsp3) is 0.154. The average Bonchev–Trinajstić information content (AvgIpc) is 2.92. The lowest BCUT2D eigenvalue weighted by Crippen LogP contribution is -2.12. The minimum absolute atomic E-state index is 0.0222. The predicted octanol–water partition coefficient (Wildman–Crippen LogP) is 2.98. The second kappa shape index (κ2) is 5.04. The van der Waals surface area contributed by atoms with Gasteiger partial charge in [-0.1, -0.05) is 18.2 Å². The largest absolute Gasteiger partial charge is 0.416 e. The summed E-state index contributed by atoms with van der Waals surface area (Å²) >= 11 is 0. The highest BCUT2D eigenvalue weighted by Crippen LogP contribution is 2.32. The van der Waals surface area contributed by atoms with E-state index in [-0.39, 0.29) is 18.1 Å². The Bertz CT molecular complexity index is 766. The minimum Gasteiger partial charge on any atom is -0.350 e. The first-order valence-corrected chi connectivity index (χ1v) is 6.09. The summed E-state index contributed by atoms with van der Waals surface area (Å²) in [6, 6.07) is 5.39. The van der Waals surface area contributed by atoms with E-state index in [9.17, 15) is 13.2 Å². The van der Waals surface area contributed by atoms with Crippen LogP contribution in [-0.2, 0) is 12.7 Å². The SMILES string of the molecule is FC(F)(F)c1ccccc1CNc1ncc2[nH]cnc2n1. The van der Waals surface area contributed by atoms with E-state index in [0.717, 1.165) is 6.07 Å². The van der Waals surface area contributed by atoms with Crippen LogP contribution in [0.3, 0.4) is 0 Å². The first-order chi connectivity index (χ1) is 10.0. The van der Waals surface area contributed by atoms with Crippen LogP contribution in [0, 0.1) is 0 Å². The van der Waals surface area contributed by atoms with E-state index < -0.39 is 11.7 Å². The molecule has 0 fully saturated rings. The van der Waals surface area contributed by atoms with Gasteiger partial charge in [-0.2, -0.15) is 18.2 Å². The zero-order valence-corrected chi connectivity index (χ0v) is 10.6. The first kappa shape index (κ1) is 13.3. The van der Waals surface area contributed by atoms with E-state index in [4.69, 9.17) is 0 Å². The normalized spacial score (nSPS) is 11.8. The van der Waals surface area contributed by atoms with E-state index in [0.29, 0.717) is 11.2 Å². The van der Waals surface area contributed by atoms with Gasteiger partial charge in [-0.05, 0) is 11.6 Å². The zero-order valence-electron chi connectivity index (χ0n) is 10.6. The molecule has 0 saturated heterocycles. The van der Waals surface area contributed by atoms with Crippen molar-refractivity contribution in [3.63, 3.8) is 0 Å². The molecule has 0 bridgehead atoms. The summed E-state index contributed by atoms with van der Waals surface area (Å²) in [4.78, 5) is 14.9. The number of alkyl halides is 3. The first-order valence-electron chi connectivity index (χ1n) is 6.09. The highest BCUT2D eigenvalue weighted by atomic mass is 19.4. The van der Waals surface area contributed by atoms with Gasteiger partial charge in [0.15, 0.2) is 5.65 Å². The molecule has 5 nitrogen and oxygen atoms in total. The van der Waals surface area contributed by atoms with Crippen molar-refractivity contribution >= 4 is 17.1 Å². The summed E-state index contributed by atoms with van der Waals surface area (Å²) in [5.74, 6) is 0.228. The van der Waals surface area contributed by atoms with Crippen molar-refractivity contribution in [1.29, 1.82) is 0 Å². The Balaban J connectivity index is 1.81. The number of aromatic nitrogens is 4. The molecule has 0 radical (unpaired) electrons. The summed E-state index contributed by atoms with van der Waals surface area (Å²) < 4.78 is 38.6. The van der Waals surface area contributed by atoms with E-state index in [1.807, 2.05) is 0 Å². The Labute approximate surface area is 117 Å². The smallest absolute Gasteiger partial charge is 0.350 e. The number of nitrogens with one attached hydrogen (secondary N) is 2. The van der Waals surface area contributed by atoms with Gasteiger partial charge in [0.2, 0.25) is 5.95 Å². The molecule has 2 N–H and O–H groups in total. The molecule has 2 heterocycles. The second-order valence-electron chi connectivity index (χ2n) is 4.34. The third-order valence-corrected chi connectivity index (χ3v) is 2.94. The number of halogens is 3. The molecular formula is C13H10F3N5. The van der Waals surface area contributed by atoms with Gasteiger partial charge in [-0.15, -0.1) is 0 Å². The molecule has 0 aliphatic heterocycles. The van der Waals surface area contributed by atoms with Crippen LogP contribution in [0.15, 0.2) is 36.8 Å². The zero-order chi connectivity index (χ0) is 14.9. The van der Waals surface area contributed by atoms with Crippen molar-refractivity contribution in [3.05, 3.63) is 47.9 Å². The van der Waals surface area contributed by atoms with Crippen LogP contribution in [0.2, 0.25) is 0 Å². The van der Waals surface area contributed by atoms with Gasteiger partial charge in [0.25, 0.3) is 0 Å². The molecule has 2 aromatic heterocycles. The summed E-state index contributed by atoms with van der Waals surface area (Å²) in [6.07, 6.45) is -1.39. The van der Waals surface area contributed by atoms with Gasteiger partial charge < -0.3 is 10.3 Å². The predicted molar refractivity (Wildman–Crippen MR) is 70.5 cm³/mol. The Morgan fingerprint density at radius 1 is 1.14 bits per heavy atom. The van der Waals surface area contributed by atoms with Crippen LogP contribution in [0.25, 0.3) is 11.2 Å². The van der Waals surface area contributed by atoms with E-state index in [2.05, 4.69) is 25.3 Å². The third-order valence-electron chi connectivity index (χ3n) is 2.94. The van der Waals surface area contributed by atoms with Gasteiger partial charge in [-0.25, -0.2) is 9.97 Å². The highest BCUT2D eigenvalue weighted by Gasteiger charge is 2.32. The maximum Gasteiger partial charge on any atom is 0.416 e. The Morgan fingerprint density at radius 3 is 2.76 bits per heavy atom. The number of H-pyrrole nitrogens is 1. The molecule has 0 spiro atoms. The van der Waals surface area contributed by atoms with Gasteiger partial charge in [0.05, 0.1) is 18.1 Å². The number of benzene rings is 1. The molecule has 0 unspecified atom stereocenters. The standard InChI is InChI=1S/C13H10F3N5/c14-13(15,16)9-4-2-1-3-8(9)5-17-12-18-6-10-11(21-12)20-7-19-10/h1-4,6-7H,5H2,(H2,17,18,19,20,21). The number of hydrogen-bond acceptors (Lipinski definition) is 4. The van der Waals surface area contributed by atoms with Crippen molar-refractivity contribution < 1.29 is 13.2 Å². The maximum atomic E-state index is 12.9. The highest BCUT2D eigenvalue weighted by molar-refractivity contribution is 5.69. The van der Waals surface area contributed by atoms with Crippen LogP contribution in [0.4, 0.5) is 19.1 Å². The van der Waals surface area contributed by atoms with Crippen molar-refractivity contribution in [2.75, 3.05) is 5.32 Å². The maximum absolute atomic E-state index is 12.9. The average molecular weight is 293 g/mol. The number of aromatic amines is 1. The molecule has 8 heteroatoms. The monoisotopic (exact) mass is 293 g/mol. The van der Waals surface area contributed by atoms with E-state index >= 15 is 0 Å². The lowest BCUT2D eigenvalue weighted by Gasteiger charge is -2.13. The molecule has 0 atom stereocenters. The topological polar surface area (TPSA) is 66.5 Å². The third kappa shape index (κ3) is 2.78. The van der Waals surface area contributed by atoms with Crippen LogP contribution in [0.1, 0.15) is 11.1 Å². The fourth-order valence-electron chi connectivity index (χ4n) is 1.95. The number of fused-ring (bicyclic) bond motifs is 1.